The van der Waals surface area contributed by atoms with Crippen LogP contribution in [0, 0.1) is 5.92 Å². The average molecular weight is 267 g/mol. The quantitative estimate of drug-likeness (QED) is 0.887. The lowest BCUT2D eigenvalue weighted by Gasteiger charge is -2.33. The minimum atomic E-state index is -0.656. The molecule has 0 aliphatic carbocycles. The van der Waals surface area contributed by atoms with Gasteiger partial charge in [0.15, 0.2) is 0 Å². The van der Waals surface area contributed by atoms with Crippen LogP contribution < -0.4 is 5.73 Å². The van der Waals surface area contributed by atoms with Crippen molar-refractivity contribution in [1.82, 2.24) is 0 Å². The molecule has 0 aliphatic heterocycles. The zero-order valence-corrected chi connectivity index (χ0v) is 12.0. The number of rotatable bonds is 5. The van der Waals surface area contributed by atoms with E-state index in [1.54, 1.807) is 0 Å². The van der Waals surface area contributed by atoms with Crippen molar-refractivity contribution in [1.29, 1.82) is 0 Å². The lowest BCUT2D eigenvalue weighted by atomic mass is 9.70. The molecule has 104 valence electrons. The van der Waals surface area contributed by atoms with Gasteiger partial charge in [0.2, 0.25) is 5.91 Å². The molecule has 20 heavy (non-hydrogen) atoms. The Morgan fingerprint density at radius 3 is 2.05 bits per heavy atom. The molecule has 0 bridgehead atoms. The van der Waals surface area contributed by atoms with Gasteiger partial charge in [0.05, 0.1) is 5.41 Å². The molecule has 0 radical (unpaired) electrons. The molecule has 2 aromatic rings. The second-order valence-electron chi connectivity index (χ2n) is 5.52. The number of carbonyl (C=O) groups is 1. The number of benzene rings is 2. The number of hydrogen-bond donors (Lipinski definition) is 1. The summed E-state index contributed by atoms with van der Waals surface area (Å²) in [5.41, 5.74) is 7.27. The normalized spacial score (nSPS) is 15.3. The van der Waals surface area contributed by atoms with E-state index in [0.717, 1.165) is 12.0 Å². The lowest BCUT2D eigenvalue weighted by Crippen LogP contribution is -2.44. The number of amides is 1. The number of primary amides is 1. The van der Waals surface area contributed by atoms with Crippen LogP contribution in [0.15, 0.2) is 60.7 Å². The molecule has 0 saturated carbocycles. The molecule has 0 saturated heterocycles. The first kappa shape index (κ1) is 14.3. The molecule has 0 heterocycles. The first-order chi connectivity index (χ1) is 9.55. The Morgan fingerprint density at radius 2 is 1.55 bits per heavy atom. The first-order valence-corrected chi connectivity index (χ1v) is 6.94. The van der Waals surface area contributed by atoms with E-state index in [1.807, 2.05) is 55.5 Å². The van der Waals surface area contributed by atoms with E-state index in [4.69, 9.17) is 5.73 Å². The Kier molecular flexibility index (Phi) is 4.23. The molecule has 0 spiro atoms. The van der Waals surface area contributed by atoms with Crippen molar-refractivity contribution in [2.45, 2.75) is 25.7 Å². The lowest BCUT2D eigenvalue weighted by molar-refractivity contribution is -0.124. The minimum Gasteiger partial charge on any atom is -0.369 e. The Bertz CT molecular complexity index is 564. The van der Waals surface area contributed by atoms with Crippen LogP contribution in [0.5, 0.6) is 0 Å². The Hall–Kier alpha value is -2.09. The molecule has 2 unspecified atom stereocenters. The van der Waals surface area contributed by atoms with Gasteiger partial charge in [-0.15, -0.1) is 0 Å². The summed E-state index contributed by atoms with van der Waals surface area (Å²) in [4.78, 5) is 12.1. The van der Waals surface area contributed by atoms with Crippen LogP contribution >= 0.6 is 0 Å². The van der Waals surface area contributed by atoms with Crippen molar-refractivity contribution in [3.05, 3.63) is 71.8 Å². The number of carbonyl (C=O) groups excluding carboxylic acids is 1. The van der Waals surface area contributed by atoms with E-state index in [1.165, 1.54) is 5.56 Å². The smallest absolute Gasteiger partial charge is 0.228 e. The van der Waals surface area contributed by atoms with E-state index < -0.39 is 5.41 Å². The van der Waals surface area contributed by atoms with Crippen LogP contribution in [0.1, 0.15) is 25.0 Å². The third kappa shape index (κ3) is 2.74. The maximum Gasteiger partial charge on any atom is 0.228 e. The Morgan fingerprint density at radius 1 is 1.05 bits per heavy atom. The average Bonchev–Trinajstić information content (AvgIpc) is 2.48. The zero-order valence-electron chi connectivity index (χ0n) is 12.0. The molecule has 2 nitrogen and oxygen atoms in total. The van der Waals surface area contributed by atoms with Crippen LogP contribution in [0.4, 0.5) is 0 Å². The fraction of sp³-hybridized carbons (Fsp3) is 0.278. The van der Waals surface area contributed by atoms with E-state index >= 15 is 0 Å². The minimum absolute atomic E-state index is 0.129. The molecule has 2 heteroatoms. The summed E-state index contributed by atoms with van der Waals surface area (Å²) in [6, 6.07) is 20.0. The Balaban J connectivity index is 2.31. The largest absolute Gasteiger partial charge is 0.369 e. The fourth-order valence-electron chi connectivity index (χ4n) is 2.63. The molecule has 0 aromatic heterocycles. The highest BCUT2D eigenvalue weighted by molar-refractivity contribution is 5.86. The van der Waals surface area contributed by atoms with Gasteiger partial charge in [-0.3, -0.25) is 4.79 Å². The summed E-state index contributed by atoms with van der Waals surface area (Å²) in [6.45, 7) is 4.03. The molecule has 2 aromatic carbocycles. The van der Waals surface area contributed by atoms with Gasteiger partial charge in [0, 0.05) is 0 Å². The van der Waals surface area contributed by atoms with Gasteiger partial charge in [-0.05, 0) is 30.4 Å². The second kappa shape index (κ2) is 5.91. The van der Waals surface area contributed by atoms with Gasteiger partial charge in [-0.2, -0.15) is 0 Å². The van der Waals surface area contributed by atoms with Crippen LogP contribution in [-0.4, -0.2) is 5.91 Å². The van der Waals surface area contributed by atoms with Crippen molar-refractivity contribution < 1.29 is 4.79 Å². The van der Waals surface area contributed by atoms with Gasteiger partial charge in [0.1, 0.15) is 0 Å². The zero-order chi connectivity index (χ0) is 14.6. The fourth-order valence-corrected chi connectivity index (χ4v) is 2.63. The highest BCUT2D eigenvalue weighted by Crippen LogP contribution is 2.34. The molecule has 0 aliphatic rings. The topological polar surface area (TPSA) is 43.1 Å². The van der Waals surface area contributed by atoms with Crippen LogP contribution in [0.3, 0.4) is 0 Å². The van der Waals surface area contributed by atoms with Gasteiger partial charge >= 0.3 is 0 Å². The number of hydrogen-bond acceptors (Lipinski definition) is 1. The Labute approximate surface area is 120 Å². The van der Waals surface area contributed by atoms with E-state index in [2.05, 4.69) is 19.1 Å². The predicted octanol–water partition coefficient (Wildman–Crippen LogP) is 3.31. The van der Waals surface area contributed by atoms with Crippen molar-refractivity contribution >= 4 is 5.91 Å². The summed E-state index contributed by atoms with van der Waals surface area (Å²) < 4.78 is 0. The molecule has 2 N–H and O–H groups in total. The van der Waals surface area contributed by atoms with Gasteiger partial charge in [-0.25, -0.2) is 0 Å². The summed E-state index contributed by atoms with van der Waals surface area (Å²) in [5.74, 6) is -0.142. The van der Waals surface area contributed by atoms with Crippen molar-refractivity contribution in [3.8, 4) is 0 Å². The maximum atomic E-state index is 12.1. The van der Waals surface area contributed by atoms with Gasteiger partial charge < -0.3 is 5.73 Å². The standard InChI is InChI=1S/C18H21NO/c1-14(13-15-9-5-3-6-10-15)18(2,17(19)20)16-11-7-4-8-12-16/h3-12,14H,13H2,1-2H3,(H2,19,20). The predicted molar refractivity (Wildman–Crippen MR) is 82.3 cm³/mol. The SMILES string of the molecule is CC(Cc1ccccc1)C(C)(C(N)=O)c1ccccc1. The molecular weight excluding hydrogens is 246 g/mol. The van der Waals surface area contributed by atoms with E-state index in [9.17, 15) is 4.79 Å². The molecule has 1 amide bonds. The van der Waals surface area contributed by atoms with Crippen molar-refractivity contribution in [3.63, 3.8) is 0 Å². The van der Waals surface area contributed by atoms with Gasteiger partial charge in [-0.1, -0.05) is 67.6 Å². The van der Waals surface area contributed by atoms with E-state index in [-0.39, 0.29) is 11.8 Å². The highest BCUT2D eigenvalue weighted by atomic mass is 16.1. The summed E-state index contributed by atoms with van der Waals surface area (Å²) >= 11 is 0. The van der Waals surface area contributed by atoms with Crippen molar-refractivity contribution in [2.75, 3.05) is 0 Å². The van der Waals surface area contributed by atoms with Crippen LogP contribution in [0.25, 0.3) is 0 Å². The maximum absolute atomic E-state index is 12.1. The summed E-state index contributed by atoms with van der Waals surface area (Å²) in [5, 5.41) is 0. The van der Waals surface area contributed by atoms with Crippen LogP contribution in [0.2, 0.25) is 0 Å². The molecule has 2 rings (SSSR count). The molecule has 0 fully saturated rings. The molecular formula is C18H21NO. The van der Waals surface area contributed by atoms with Crippen LogP contribution in [-0.2, 0) is 16.6 Å². The third-order valence-electron chi connectivity index (χ3n) is 4.26. The van der Waals surface area contributed by atoms with Crippen molar-refractivity contribution in [2.24, 2.45) is 11.7 Å². The monoisotopic (exact) mass is 267 g/mol. The first-order valence-electron chi connectivity index (χ1n) is 6.94. The van der Waals surface area contributed by atoms with E-state index in [0.29, 0.717) is 0 Å². The third-order valence-corrected chi connectivity index (χ3v) is 4.26. The molecule has 2 atom stereocenters. The van der Waals surface area contributed by atoms with Gasteiger partial charge in [0.25, 0.3) is 0 Å². The highest BCUT2D eigenvalue weighted by Gasteiger charge is 2.38. The summed E-state index contributed by atoms with van der Waals surface area (Å²) in [6.07, 6.45) is 0.829. The summed E-state index contributed by atoms with van der Waals surface area (Å²) in [7, 11) is 0. The number of nitrogens with two attached hydrogens (primary N) is 1. The second-order valence-corrected chi connectivity index (χ2v) is 5.52.